The van der Waals surface area contributed by atoms with E-state index in [0.717, 1.165) is 28.3 Å². The third-order valence-electron chi connectivity index (χ3n) is 3.76. The Labute approximate surface area is 120 Å². The molecule has 0 bridgehead atoms. The first kappa shape index (κ1) is 12.5. The van der Waals surface area contributed by atoms with Gasteiger partial charge in [0.2, 0.25) is 0 Å². The highest BCUT2D eigenvalue weighted by atomic mass is 79.9. The Bertz CT molecular complexity index is 572. The molecule has 4 heteroatoms. The van der Waals surface area contributed by atoms with Crippen LogP contribution in [0.1, 0.15) is 37.4 Å². The van der Waals surface area contributed by atoms with E-state index in [4.69, 9.17) is 11.6 Å². The third-order valence-corrected chi connectivity index (χ3v) is 4.45. The van der Waals surface area contributed by atoms with Crippen LogP contribution in [0.2, 0.25) is 0 Å². The topological polar surface area (TPSA) is 17.8 Å². The lowest BCUT2D eigenvalue weighted by Crippen LogP contribution is -2.19. The van der Waals surface area contributed by atoms with Gasteiger partial charge in [-0.1, -0.05) is 22.4 Å². The van der Waals surface area contributed by atoms with Gasteiger partial charge in [0.15, 0.2) is 0 Å². The molecule has 1 atom stereocenters. The van der Waals surface area contributed by atoms with Gasteiger partial charge in [0.1, 0.15) is 5.82 Å². The molecule has 1 aromatic heterocycles. The van der Waals surface area contributed by atoms with Gasteiger partial charge in [0, 0.05) is 11.0 Å². The molecule has 2 aromatic rings. The molecule has 0 saturated heterocycles. The van der Waals surface area contributed by atoms with Crippen molar-refractivity contribution >= 4 is 38.6 Å². The minimum atomic E-state index is -0.0451. The Kier molecular flexibility index (Phi) is 3.37. The molecule has 0 aliphatic heterocycles. The van der Waals surface area contributed by atoms with Crippen molar-refractivity contribution in [2.75, 3.05) is 0 Å². The maximum absolute atomic E-state index is 6.27. The van der Waals surface area contributed by atoms with Crippen LogP contribution in [0.4, 0.5) is 0 Å². The van der Waals surface area contributed by atoms with E-state index < -0.39 is 0 Å². The maximum Gasteiger partial charge on any atom is 0.127 e. The van der Waals surface area contributed by atoms with Gasteiger partial charge in [-0.3, -0.25) is 0 Å². The van der Waals surface area contributed by atoms with Crippen molar-refractivity contribution in [3.63, 3.8) is 0 Å². The van der Waals surface area contributed by atoms with E-state index in [1.165, 1.54) is 24.8 Å². The zero-order chi connectivity index (χ0) is 12.7. The molecule has 18 heavy (non-hydrogen) atoms. The number of hydrogen-bond donors (Lipinski definition) is 0. The Hall–Kier alpha value is -0.540. The number of nitrogens with zero attached hydrogens (tertiary/aromatic N) is 2. The smallest absolute Gasteiger partial charge is 0.127 e. The number of imidazole rings is 1. The van der Waals surface area contributed by atoms with Crippen molar-refractivity contribution in [1.82, 2.24) is 9.55 Å². The van der Waals surface area contributed by atoms with Crippen LogP contribution in [0.3, 0.4) is 0 Å². The standard InChI is InChI=1S/C14H16BrClN2/c1-9(16)14-17-12-6-5-11(15)7-13(12)18(14)8-10-3-2-4-10/h5-7,9-10H,2-4,8H2,1H3. The predicted octanol–water partition coefficient (Wildman–Crippen LogP) is 4.90. The average Bonchev–Trinajstić information content (AvgIpc) is 2.61. The number of halogens is 2. The molecule has 96 valence electrons. The van der Waals surface area contributed by atoms with Crippen LogP contribution in [0.25, 0.3) is 11.0 Å². The van der Waals surface area contributed by atoms with E-state index in [2.05, 4.69) is 37.6 Å². The van der Waals surface area contributed by atoms with Gasteiger partial charge in [0.25, 0.3) is 0 Å². The predicted molar refractivity (Wildman–Crippen MR) is 79.0 cm³/mol. The number of benzene rings is 1. The highest BCUT2D eigenvalue weighted by Gasteiger charge is 2.22. The quantitative estimate of drug-likeness (QED) is 0.733. The lowest BCUT2D eigenvalue weighted by atomic mass is 9.85. The Balaban J connectivity index is 2.10. The normalized spacial score (nSPS) is 17.9. The second-order valence-corrected chi connectivity index (χ2v) is 6.70. The summed E-state index contributed by atoms with van der Waals surface area (Å²) in [5, 5.41) is -0.0451. The van der Waals surface area contributed by atoms with Crippen molar-refractivity contribution in [1.29, 1.82) is 0 Å². The zero-order valence-corrected chi connectivity index (χ0v) is 12.7. The molecular formula is C14H16BrClN2. The van der Waals surface area contributed by atoms with Crippen molar-refractivity contribution in [3.8, 4) is 0 Å². The van der Waals surface area contributed by atoms with Crippen molar-refractivity contribution in [2.45, 2.75) is 38.1 Å². The number of aromatic nitrogens is 2. The molecule has 1 heterocycles. The summed E-state index contributed by atoms with van der Waals surface area (Å²) < 4.78 is 3.40. The second-order valence-electron chi connectivity index (χ2n) is 5.13. The summed E-state index contributed by atoms with van der Waals surface area (Å²) in [6.45, 7) is 3.05. The molecule has 2 nitrogen and oxygen atoms in total. The third kappa shape index (κ3) is 2.19. The van der Waals surface area contributed by atoms with Crippen molar-refractivity contribution in [2.24, 2.45) is 5.92 Å². The fourth-order valence-electron chi connectivity index (χ4n) is 2.54. The van der Waals surface area contributed by atoms with Crippen LogP contribution < -0.4 is 0 Å². The Morgan fingerprint density at radius 3 is 2.89 bits per heavy atom. The van der Waals surface area contributed by atoms with Crippen LogP contribution in [-0.4, -0.2) is 9.55 Å². The molecule has 0 N–H and O–H groups in total. The second kappa shape index (κ2) is 4.86. The summed E-state index contributed by atoms with van der Waals surface area (Å²) in [4.78, 5) is 4.67. The molecule has 1 aliphatic carbocycles. The summed E-state index contributed by atoms with van der Waals surface area (Å²) in [6.07, 6.45) is 4.04. The lowest BCUT2D eigenvalue weighted by Gasteiger charge is -2.27. The van der Waals surface area contributed by atoms with Crippen LogP contribution in [0.15, 0.2) is 22.7 Å². The van der Waals surface area contributed by atoms with E-state index in [1.807, 2.05) is 13.0 Å². The van der Waals surface area contributed by atoms with E-state index in [9.17, 15) is 0 Å². The fourth-order valence-corrected chi connectivity index (χ4v) is 3.06. The molecular weight excluding hydrogens is 312 g/mol. The molecule has 0 spiro atoms. The molecule has 3 rings (SSSR count). The summed E-state index contributed by atoms with van der Waals surface area (Å²) in [6, 6.07) is 6.23. The molecule has 1 unspecified atom stereocenters. The van der Waals surface area contributed by atoms with Gasteiger partial charge in [-0.2, -0.15) is 0 Å². The van der Waals surface area contributed by atoms with Gasteiger partial charge in [-0.25, -0.2) is 4.98 Å². The first-order valence-corrected chi connectivity index (χ1v) is 7.68. The zero-order valence-electron chi connectivity index (χ0n) is 10.4. The Morgan fingerprint density at radius 1 is 1.50 bits per heavy atom. The molecule has 1 aromatic carbocycles. The van der Waals surface area contributed by atoms with Crippen molar-refractivity contribution < 1.29 is 0 Å². The first-order valence-electron chi connectivity index (χ1n) is 6.45. The first-order chi connectivity index (χ1) is 8.65. The largest absolute Gasteiger partial charge is 0.326 e. The highest BCUT2D eigenvalue weighted by molar-refractivity contribution is 9.10. The number of hydrogen-bond acceptors (Lipinski definition) is 1. The molecule has 0 radical (unpaired) electrons. The van der Waals surface area contributed by atoms with Crippen LogP contribution in [0, 0.1) is 5.92 Å². The van der Waals surface area contributed by atoms with E-state index >= 15 is 0 Å². The Morgan fingerprint density at radius 2 is 2.28 bits per heavy atom. The van der Waals surface area contributed by atoms with E-state index in [1.54, 1.807) is 0 Å². The molecule has 1 saturated carbocycles. The summed E-state index contributed by atoms with van der Waals surface area (Å²) in [5.74, 6) is 1.80. The van der Waals surface area contributed by atoms with Crippen LogP contribution in [0.5, 0.6) is 0 Å². The summed E-state index contributed by atoms with van der Waals surface area (Å²) in [5.41, 5.74) is 2.23. The highest BCUT2D eigenvalue weighted by Crippen LogP contribution is 2.32. The van der Waals surface area contributed by atoms with Gasteiger partial charge in [-0.05, 0) is 43.9 Å². The van der Waals surface area contributed by atoms with Crippen molar-refractivity contribution in [3.05, 3.63) is 28.5 Å². The van der Waals surface area contributed by atoms with Gasteiger partial charge in [0.05, 0.1) is 16.4 Å². The van der Waals surface area contributed by atoms with Gasteiger partial charge >= 0.3 is 0 Å². The minimum absolute atomic E-state index is 0.0451. The van der Waals surface area contributed by atoms with Crippen LogP contribution >= 0.6 is 27.5 Å². The lowest BCUT2D eigenvalue weighted by molar-refractivity contribution is 0.276. The van der Waals surface area contributed by atoms with E-state index in [-0.39, 0.29) is 5.38 Å². The average molecular weight is 328 g/mol. The van der Waals surface area contributed by atoms with Gasteiger partial charge < -0.3 is 4.57 Å². The fraction of sp³-hybridized carbons (Fsp3) is 0.500. The SMILES string of the molecule is CC(Cl)c1nc2ccc(Br)cc2n1CC1CCC1. The molecule has 1 fully saturated rings. The number of fused-ring (bicyclic) bond motifs is 1. The van der Waals surface area contributed by atoms with E-state index in [0.29, 0.717) is 0 Å². The molecule has 1 aliphatic rings. The number of rotatable bonds is 3. The van der Waals surface area contributed by atoms with Crippen LogP contribution in [-0.2, 0) is 6.54 Å². The summed E-state index contributed by atoms with van der Waals surface area (Å²) in [7, 11) is 0. The summed E-state index contributed by atoms with van der Waals surface area (Å²) >= 11 is 9.81. The van der Waals surface area contributed by atoms with Gasteiger partial charge in [-0.15, -0.1) is 11.6 Å². The number of alkyl halides is 1. The minimum Gasteiger partial charge on any atom is -0.326 e. The molecule has 0 amide bonds. The monoisotopic (exact) mass is 326 g/mol. The maximum atomic E-state index is 6.27.